The van der Waals surface area contributed by atoms with E-state index in [-0.39, 0.29) is 10.8 Å². The molecular weight excluding hydrogens is 284 g/mol. The first-order chi connectivity index (χ1) is 9.41. The van der Waals surface area contributed by atoms with Gasteiger partial charge in [-0.3, -0.25) is 0 Å². The fourth-order valence-electron chi connectivity index (χ4n) is 3.52. The molecule has 1 aromatic carbocycles. The van der Waals surface area contributed by atoms with Crippen LogP contribution < -0.4 is 10.5 Å². The first kappa shape index (κ1) is 16.3. The van der Waals surface area contributed by atoms with Crippen LogP contribution in [-0.4, -0.2) is 15.0 Å². The van der Waals surface area contributed by atoms with Gasteiger partial charge < -0.3 is 5.73 Å². The Morgan fingerprint density at radius 3 is 1.90 bits per heavy atom. The van der Waals surface area contributed by atoms with Gasteiger partial charge in [0.25, 0.3) is 0 Å². The summed E-state index contributed by atoms with van der Waals surface area (Å²) in [5.74, 6) is 0.356. The average molecular weight is 310 g/mol. The maximum absolute atomic E-state index is 12.6. The zero-order chi connectivity index (χ0) is 16.2. The van der Waals surface area contributed by atoms with Gasteiger partial charge in [0.15, 0.2) is 0 Å². The first-order valence-corrected chi connectivity index (χ1v) is 8.76. The van der Waals surface area contributed by atoms with Crippen molar-refractivity contribution in [3.05, 3.63) is 23.3 Å². The van der Waals surface area contributed by atoms with E-state index in [9.17, 15) is 8.42 Å². The Bertz CT molecular complexity index is 639. The molecule has 0 atom stereocenters. The van der Waals surface area contributed by atoms with E-state index >= 15 is 0 Å². The minimum Gasteiger partial charge on any atom is -0.399 e. The van der Waals surface area contributed by atoms with Gasteiger partial charge in [0.1, 0.15) is 0 Å². The van der Waals surface area contributed by atoms with Crippen LogP contribution in [0.3, 0.4) is 0 Å². The molecule has 1 aliphatic carbocycles. The van der Waals surface area contributed by atoms with Crippen LogP contribution in [0.1, 0.15) is 38.8 Å². The lowest BCUT2D eigenvalue weighted by Gasteiger charge is -2.13. The molecule has 118 valence electrons. The molecule has 0 heterocycles. The Hall–Kier alpha value is -1.07. The van der Waals surface area contributed by atoms with Crippen LogP contribution in [0.5, 0.6) is 0 Å². The number of rotatable bonds is 4. The summed E-state index contributed by atoms with van der Waals surface area (Å²) in [5, 5.41) is 0. The van der Waals surface area contributed by atoms with Crippen molar-refractivity contribution >= 4 is 15.7 Å². The van der Waals surface area contributed by atoms with Crippen LogP contribution in [0, 0.1) is 30.6 Å². The SMILES string of the molecule is Cc1cc(N)cc(C)c1S(=O)(=O)NCC1C(C)(C)C1(C)C. The summed E-state index contributed by atoms with van der Waals surface area (Å²) in [6.45, 7) is 12.8. The standard InChI is InChI=1S/C16H26N2O2S/c1-10-7-12(17)8-11(2)14(10)21(19,20)18-9-13-15(3,4)16(13,5)6/h7-8,13,18H,9,17H2,1-6H3. The number of nitrogen functional groups attached to an aromatic ring is 1. The Labute approximate surface area is 128 Å². The van der Waals surface area contributed by atoms with Gasteiger partial charge >= 0.3 is 0 Å². The van der Waals surface area contributed by atoms with Gasteiger partial charge in [-0.2, -0.15) is 0 Å². The second kappa shape index (κ2) is 4.71. The highest BCUT2D eigenvalue weighted by molar-refractivity contribution is 7.89. The van der Waals surface area contributed by atoms with Gasteiger partial charge in [0.2, 0.25) is 10.0 Å². The second-order valence-electron chi connectivity index (χ2n) is 7.33. The molecular formula is C16H26N2O2S. The van der Waals surface area contributed by atoms with Gasteiger partial charge in [-0.05, 0) is 53.9 Å². The summed E-state index contributed by atoms with van der Waals surface area (Å²) in [4.78, 5) is 0.355. The van der Waals surface area contributed by atoms with Crippen molar-refractivity contribution in [1.82, 2.24) is 4.72 Å². The van der Waals surface area contributed by atoms with Crippen LogP contribution in [-0.2, 0) is 10.0 Å². The average Bonchev–Trinajstić information content (AvgIpc) is 2.64. The summed E-state index contributed by atoms with van der Waals surface area (Å²) in [7, 11) is -3.50. The predicted octanol–water partition coefficient (Wildman–Crippen LogP) is 2.85. The van der Waals surface area contributed by atoms with Crippen LogP contribution in [0.2, 0.25) is 0 Å². The molecule has 2 rings (SSSR count). The van der Waals surface area contributed by atoms with Crippen LogP contribution in [0.4, 0.5) is 5.69 Å². The van der Waals surface area contributed by atoms with Crippen molar-refractivity contribution in [1.29, 1.82) is 0 Å². The summed E-state index contributed by atoms with van der Waals surface area (Å²) < 4.78 is 28.0. The maximum Gasteiger partial charge on any atom is 0.241 e. The molecule has 1 saturated carbocycles. The quantitative estimate of drug-likeness (QED) is 0.840. The van der Waals surface area contributed by atoms with Crippen LogP contribution >= 0.6 is 0 Å². The van der Waals surface area contributed by atoms with Gasteiger partial charge in [-0.1, -0.05) is 27.7 Å². The van der Waals surface area contributed by atoms with Crippen molar-refractivity contribution in [2.45, 2.75) is 46.4 Å². The topological polar surface area (TPSA) is 72.2 Å². The molecule has 1 fully saturated rings. The molecule has 0 aliphatic heterocycles. The molecule has 1 aliphatic rings. The number of hydrogen-bond acceptors (Lipinski definition) is 3. The van der Waals surface area contributed by atoms with E-state index in [1.165, 1.54) is 0 Å². The molecule has 0 amide bonds. The summed E-state index contributed by atoms with van der Waals surface area (Å²) in [6, 6.07) is 3.40. The van der Waals surface area contributed by atoms with E-state index in [1.807, 2.05) is 0 Å². The summed E-state index contributed by atoms with van der Waals surface area (Å²) >= 11 is 0. The first-order valence-electron chi connectivity index (χ1n) is 7.27. The van der Waals surface area contributed by atoms with Gasteiger partial charge in [0.05, 0.1) is 4.90 Å². The third-order valence-electron chi connectivity index (χ3n) is 5.55. The van der Waals surface area contributed by atoms with E-state index in [4.69, 9.17) is 5.73 Å². The third-order valence-corrected chi connectivity index (χ3v) is 7.28. The van der Waals surface area contributed by atoms with Crippen molar-refractivity contribution in [3.63, 3.8) is 0 Å². The van der Waals surface area contributed by atoms with E-state index in [1.54, 1.807) is 26.0 Å². The van der Waals surface area contributed by atoms with E-state index in [0.29, 0.717) is 34.2 Å². The lowest BCUT2D eigenvalue weighted by molar-refractivity contribution is 0.457. The molecule has 4 nitrogen and oxygen atoms in total. The monoisotopic (exact) mass is 310 g/mol. The van der Waals surface area contributed by atoms with Crippen molar-refractivity contribution < 1.29 is 8.42 Å². The highest BCUT2D eigenvalue weighted by Gasteiger charge is 2.64. The molecule has 0 radical (unpaired) electrons. The number of nitrogens with one attached hydrogen (secondary N) is 1. The number of anilines is 1. The minimum absolute atomic E-state index is 0.167. The number of nitrogens with two attached hydrogens (primary N) is 1. The van der Waals surface area contributed by atoms with Gasteiger partial charge in [0, 0.05) is 12.2 Å². The lowest BCUT2D eigenvalue weighted by atomic mass is 10.0. The van der Waals surface area contributed by atoms with Crippen LogP contribution in [0.15, 0.2) is 17.0 Å². The van der Waals surface area contributed by atoms with E-state index < -0.39 is 10.0 Å². The smallest absolute Gasteiger partial charge is 0.241 e. The molecule has 1 aromatic rings. The van der Waals surface area contributed by atoms with Crippen molar-refractivity contribution in [3.8, 4) is 0 Å². The number of aryl methyl sites for hydroxylation is 2. The fraction of sp³-hybridized carbons (Fsp3) is 0.625. The molecule has 0 unspecified atom stereocenters. The third kappa shape index (κ3) is 2.57. The molecule has 0 bridgehead atoms. The predicted molar refractivity (Wildman–Crippen MR) is 86.6 cm³/mol. The fourth-order valence-corrected chi connectivity index (χ4v) is 5.01. The number of sulfonamides is 1. The highest BCUT2D eigenvalue weighted by Crippen LogP contribution is 2.68. The number of benzene rings is 1. The number of hydrogen-bond donors (Lipinski definition) is 2. The zero-order valence-electron chi connectivity index (χ0n) is 13.7. The maximum atomic E-state index is 12.6. The van der Waals surface area contributed by atoms with Crippen LogP contribution in [0.25, 0.3) is 0 Å². The summed E-state index contributed by atoms with van der Waals surface area (Å²) in [6.07, 6.45) is 0. The Kier molecular flexibility index (Phi) is 3.66. The largest absolute Gasteiger partial charge is 0.399 e. The molecule has 21 heavy (non-hydrogen) atoms. The van der Waals surface area contributed by atoms with E-state index in [0.717, 1.165) is 0 Å². The van der Waals surface area contributed by atoms with Crippen molar-refractivity contribution in [2.24, 2.45) is 16.7 Å². The van der Waals surface area contributed by atoms with Gasteiger partial charge in [-0.15, -0.1) is 0 Å². The normalized spacial score (nSPS) is 20.5. The summed E-state index contributed by atoms with van der Waals surface area (Å²) in [5.41, 5.74) is 8.06. The molecule has 0 spiro atoms. The minimum atomic E-state index is -3.50. The Balaban J connectivity index is 2.22. The molecule has 0 saturated heterocycles. The second-order valence-corrected chi connectivity index (χ2v) is 9.04. The Morgan fingerprint density at radius 2 is 1.52 bits per heavy atom. The van der Waals surface area contributed by atoms with Gasteiger partial charge in [-0.25, -0.2) is 13.1 Å². The highest BCUT2D eigenvalue weighted by atomic mass is 32.2. The lowest BCUT2D eigenvalue weighted by Crippen LogP contribution is -2.28. The van der Waals surface area contributed by atoms with Crippen molar-refractivity contribution in [2.75, 3.05) is 12.3 Å². The zero-order valence-corrected chi connectivity index (χ0v) is 14.6. The molecule has 5 heteroatoms. The molecule has 0 aromatic heterocycles. The molecule has 3 N–H and O–H groups in total. The van der Waals surface area contributed by atoms with E-state index in [2.05, 4.69) is 32.4 Å². The Morgan fingerprint density at radius 1 is 1.10 bits per heavy atom.